The summed E-state index contributed by atoms with van der Waals surface area (Å²) in [5, 5.41) is 9.92. The first-order chi connectivity index (χ1) is 7.58. The van der Waals surface area contributed by atoms with Crippen LogP contribution in [0.3, 0.4) is 0 Å². The molecule has 0 amide bonds. The topological polar surface area (TPSA) is 29.5 Å². The van der Waals surface area contributed by atoms with Gasteiger partial charge in [-0.1, -0.05) is 28.9 Å². The molecule has 1 rings (SSSR count). The minimum Gasteiger partial charge on any atom is -0.390 e. The number of methoxy groups -OCH3 is 1. The standard InChI is InChI=1S/C12H16BrFO2/c1-3-12(16-2)11(15)6-8-4-5-9(14)7-10(8)13/h4-5,7,11-12,15H,3,6H2,1-2H3. The number of rotatable bonds is 5. The zero-order valence-electron chi connectivity index (χ0n) is 9.41. The van der Waals surface area contributed by atoms with E-state index in [2.05, 4.69) is 15.9 Å². The molecule has 1 N–H and O–H groups in total. The van der Waals surface area contributed by atoms with Crippen LogP contribution in [0.1, 0.15) is 18.9 Å². The summed E-state index contributed by atoms with van der Waals surface area (Å²) in [6.07, 6.45) is 0.442. The van der Waals surface area contributed by atoms with Crippen molar-refractivity contribution in [3.05, 3.63) is 34.1 Å². The third-order valence-corrected chi connectivity index (χ3v) is 3.32. The van der Waals surface area contributed by atoms with Crippen LogP contribution in [0.4, 0.5) is 4.39 Å². The average molecular weight is 291 g/mol. The molecule has 0 spiro atoms. The van der Waals surface area contributed by atoms with Crippen molar-refractivity contribution in [1.29, 1.82) is 0 Å². The summed E-state index contributed by atoms with van der Waals surface area (Å²) < 4.78 is 18.7. The molecule has 0 fully saturated rings. The first-order valence-electron chi connectivity index (χ1n) is 5.23. The molecule has 0 heterocycles. The van der Waals surface area contributed by atoms with Gasteiger partial charge in [0, 0.05) is 18.0 Å². The van der Waals surface area contributed by atoms with Gasteiger partial charge in [0.05, 0.1) is 12.2 Å². The molecule has 0 saturated carbocycles. The molecule has 0 bridgehead atoms. The van der Waals surface area contributed by atoms with Gasteiger partial charge in [0.15, 0.2) is 0 Å². The predicted molar refractivity (Wildman–Crippen MR) is 64.9 cm³/mol. The normalized spacial score (nSPS) is 14.8. The van der Waals surface area contributed by atoms with E-state index in [-0.39, 0.29) is 11.9 Å². The largest absolute Gasteiger partial charge is 0.390 e. The van der Waals surface area contributed by atoms with Gasteiger partial charge < -0.3 is 9.84 Å². The Morgan fingerprint density at radius 1 is 1.50 bits per heavy atom. The number of halogens is 2. The average Bonchev–Trinajstić information content (AvgIpc) is 2.24. The molecule has 0 aliphatic rings. The molecule has 0 aliphatic heterocycles. The van der Waals surface area contributed by atoms with Crippen molar-refractivity contribution >= 4 is 15.9 Å². The van der Waals surface area contributed by atoms with Crippen molar-refractivity contribution in [2.75, 3.05) is 7.11 Å². The second-order valence-corrected chi connectivity index (χ2v) is 4.54. The molecule has 0 saturated heterocycles. The summed E-state index contributed by atoms with van der Waals surface area (Å²) >= 11 is 3.28. The van der Waals surface area contributed by atoms with Gasteiger partial charge in [-0.25, -0.2) is 4.39 Å². The second-order valence-electron chi connectivity index (χ2n) is 3.69. The molecule has 16 heavy (non-hydrogen) atoms. The zero-order valence-corrected chi connectivity index (χ0v) is 11.0. The maximum atomic E-state index is 12.9. The summed E-state index contributed by atoms with van der Waals surface area (Å²) in [5.74, 6) is -0.288. The molecule has 1 aromatic carbocycles. The zero-order chi connectivity index (χ0) is 12.1. The van der Waals surface area contributed by atoms with E-state index in [9.17, 15) is 9.50 Å². The number of aliphatic hydroxyl groups is 1. The maximum Gasteiger partial charge on any atom is 0.124 e. The van der Waals surface area contributed by atoms with E-state index in [1.54, 1.807) is 13.2 Å². The fourth-order valence-corrected chi connectivity index (χ4v) is 2.15. The number of hydrogen-bond donors (Lipinski definition) is 1. The van der Waals surface area contributed by atoms with E-state index < -0.39 is 6.10 Å². The quantitative estimate of drug-likeness (QED) is 0.904. The van der Waals surface area contributed by atoms with Crippen molar-refractivity contribution in [2.45, 2.75) is 32.0 Å². The van der Waals surface area contributed by atoms with E-state index in [0.29, 0.717) is 10.9 Å². The van der Waals surface area contributed by atoms with Crippen LogP contribution < -0.4 is 0 Å². The summed E-state index contributed by atoms with van der Waals surface area (Å²) in [6, 6.07) is 4.46. The van der Waals surface area contributed by atoms with Gasteiger partial charge in [-0.2, -0.15) is 0 Å². The van der Waals surface area contributed by atoms with Crippen LogP contribution in [0.25, 0.3) is 0 Å². The number of benzene rings is 1. The van der Waals surface area contributed by atoms with Gasteiger partial charge in [-0.15, -0.1) is 0 Å². The fourth-order valence-electron chi connectivity index (χ4n) is 1.64. The van der Waals surface area contributed by atoms with Gasteiger partial charge in [-0.3, -0.25) is 0 Å². The number of hydrogen-bond acceptors (Lipinski definition) is 2. The highest BCUT2D eigenvalue weighted by Gasteiger charge is 2.18. The highest BCUT2D eigenvalue weighted by molar-refractivity contribution is 9.10. The number of aliphatic hydroxyl groups excluding tert-OH is 1. The summed E-state index contributed by atoms with van der Waals surface area (Å²) in [4.78, 5) is 0. The van der Waals surface area contributed by atoms with E-state index in [1.807, 2.05) is 6.92 Å². The molecular formula is C12H16BrFO2. The molecule has 2 atom stereocenters. The summed E-state index contributed by atoms with van der Waals surface area (Å²) in [5.41, 5.74) is 0.879. The SMILES string of the molecule is CCC(OC)C(O)Cc1ccc(F)cc1Br. The van der Waals surface area contributed by atoms with Crippen LogP contribution in [0, 0.1) is 5.82 Å². The van der Waals surface area contributed by atoms with Crippen LogP contribution in [0.2, 0.25) is 0 Å². The van der Waals surface area contributed by atoms with Gasteiger partial charge in [0.25, 0.3) is 0 Å². The Bertz CT molecular complexity index is 340. The molecule has 2 nitrogen and oxygen atoms in total. The molecule has 0 aromatic heterocycles. The molecule has 0 aliphatic carbocycles. The Morgan fingerprint density at radius 2 is 2.19 bits per heavy atom. The predicted octanol–water partition coefficient (Wildman–Crippen LogP) is 2.92. The number of ether oxygens (including phenoxy) is 1. The molecule has 0 radical (unpaired) electrons. The smallest absolute Gasteiger partial charge is 0.124 e. The summed E-state index contributed by atoms with van der Waals surface area (Å²) in [7, 11) is 1.58. The van der Waals surface area contributed by atoms with E-state index in [0.717, 1.165) is 12.0 Å². The lowest BCUT2D eigenvalue weighted by molar-refractivity contribution is -0.0129. The lowest BCUT2D eigenvalue weighted by atomic mass is 10.0. The lowest BCUT2D eigenvalue weighted by Crippen LogP contribution is -2.29. The minimum absolute atomic E-state index is 0.183. The van der Waals surface area contributed by atoms with E-state index in [4.69, 9.17) is 4.74 Å². The van der Waals surface area contributed by atoms with Crippen LogP contribution in [-0.4, -0.2) is 24.4 Å². The molecule has 2 unspecified atom stereocenters. The van der Waals surface area contributed by atoms with Crippen molar-refractivity contribution < 1.29 is 14.2 Å². The first-order valence-corrected chi connectivity index (χ1v) is 6.02. The molecule has 90 valence electrons. The van der Waals surface area contributed by atoms with Gasteiger partial charge in [-0.05, 0) is 24.1 Å². The monoisotopic (exact) mass is 290 g/mol. The van der Waals surface area contributed by atoms with Gasteiger partial charge in [0.1, 0.15) is 5.82 Å². The first kappa shape index (κ1) is 13.6. The van der Waals surface area contributed by atoms with Crippen molar-refractivity contribution in [3.63, 3.8) is 0 Å². The minimum atomic E-state index is -0.572. The second kappa shape index (κ2) is 6.33. The maximum absolute atomic E-state index is 12.9. The summed E-state index contributed by atoms with van der Waals surface area (Å²) in [6.45, 7) is 1.96. The third kappa shape index (κ3) is 3.54. The Hall–Kier alpha value is -0.450. The molecule has 1 aromatic rings. The van der Waals surface area contributed by atoms with Gasteiger partial charge in [0.2, 0.25) is 0 Å². The van der Waals surface area contributed by atoms with E-state index in [1.165, 1.54) is 12.1 Å². The third-order valence-electron chi connectivity index (χ3n) is 2.58. The van der Waals surface area contributed by atoms with Crippen LogP contribution >= 0.6 is 15.9 Å². The highest BCUT2D eigenvalue weighted by Crippen LogP contribution is 2.21. The van der Waals surface area contributed by atoms with Crippen molar-refractivity contribution in [1.82, 2.24) is 0 Å². The lowest BCUT2D eigenvalue weighted by Gasteiger charge is -2.20. The highest BCUT2D eigenvalue weighted by atomic mass is 79.9. The Balaban J connectivity index is 2.72. The fraction of sp³-hybridized carbons (Fsp3) is 0.500. The Labute approximate surface area is 104 Å². The van der Waals surface area contributed by atoms with Crippen LogP contribution in [0.5, 0.6) is 0 Å². The van der Waals surface area contributed by atoms with Crippen molar-refractivity contribution in [3.8, 4) is 0 Å². The Morgan fingerprint density at radius 3 is 2.69 bits per heavy atom. The van der Waals surface area contributed by atoms with Gasteiger partial charge >= 0.3 is 0 Å². The molecular weight excluding hydrogens is 275 g/mol. The van der Waals surface area contributed by atoms with Crippen LogP contribution in [0.15, 0.2) is 22.7 Å². The van der Waals surface area contributed by atoms with E-state index >= 15 is 0 Å². The Kier molecular flexibility index (Phi) is 5.38. The van der Waals surface area contributed by atoms with Crippen LogP contribution in [-0.2, 0) is 11.2 Å². The molecule has 4 heteroatoms. The van der Waals surface area contributed by atoms with Crippen molar-refractivity contribution in [2.24, 2.45) is 0 Å².